The molecule has 0 aliphatic carbocycles. The molecule has 0 unspecified atom stereocenters. The fourth-order valence-corrected chi connectivity index (χ4v) is 2.54. The number of benzene rings is 1. The molecule has 3 nitrogen and oxygen atoms in total. The molecule has 0 spiro atoms. The van der Waals surface area contributed by atoms with Crippen molar-refractivity contribution in [1.29, 1.82) is 0 Å². The van der Waals surface area contributed by atoms with E-state index in [0.29, 0.717) is 6.54 Å². The Labute approximate surface area is 113 Å². The zero-order valence-corrected chi connectivity index (χ0v) is 11.9. The normalized spacial score (nSPS) is 11.0. The fraction of sp³-hybridized carbons (Fsp3) is 0.400. The van der Waals surface area contributed by atoms with Crippen molar-refractivity contribution >= 4 is 0 Å². The molecule has 2 rings (SSSR count). The van der Waals surface area contributed by atoms with Crippen molar-refractivity contribution in [3.05, 3.63) is 41.0 Å². The van der Waals surface area contributed by atoms with Gasteiger partial charge in [-0.15, -0.1) is 0 Å². The van der Waals surface area contributed by atoms with Crippen LogP contribution in [0.4, 0.5) is 4.39 Å². The van der Waals surface area contributed by atoms with E-state index in [2.05, 4.69) is 24.3 Å². The number of aromatic nitrogens is 2. The molecule has 0 radical (unpaired) electrons. The lowest BCUT2D eigenvalue weighted by molar-refractivity contribution is 0.624. The Bertz CT molecular complexity index is 587. The quantitative estimate of drug-likeness (QED) is 0.916. The van der Waals surface area contributed by atoms with E-state index in [-0.39, 0.29) is 5.82 Å². The minimum absolute atomic E-state index is 0.202. The van der Waals surface area contributed by atoms with E-state index in [1.165, 1.54) is 6.07 Å². The molecule has 102 valence electrons. The average Bonchev–Trinajstić information content (AvgIpc) is 2.66. The third kappa shape index (κ3) is 2.54. The summed E-state index contributed by atoms with van der Waals surface area (Å²) in [6.45, 7) is 7.62. The molecule has 1 aromatic heterocycles. The van der Waals surface area contributed by atoms with Crippen LogP contribution in [0.5, 0.6) is 0 Å². The summed E-state index contributed by atoms with van der Waals surface area (Å²) in [5, 5.41) is 7.62. The Morgan fingerprint density at radius 3 is 2.63 bits per heavy atom. The van der Waals surface area contributed by atoms with Crippen LogP contribution in [0, 0.1) is 19.7 Å². The predicted molar refractivity (Wildman–Crippen MR) is 75.5 cm³/mol. The van der Waals surface area contributed by atoms with Gasteiger partial charge < -0.3 is 5.32 Å². The van der Waals surface area contributed by atoms with Crippen molar-refractivity contribution in [1.82, 2.24) is 15.1 Å². The molecule has 1 heterocycles. The summed E-state index contributed by atoms with van der Waals surface area (Å²) in [6.07, 6.45) is 0. The Morgan fingerprint density at radius 2 is 2.05 bits per heavy atom. The van der Waals surface area contributed by atoms with Gasteiger partial charge in [0.05, 0.1) is 5.69 Å². The van der Waals surface area contributed by atoms with Crippen molar-refractivity contribution < 1.29 is 4.39 Å². The highest BCUT2D eigenvalue weighted by Crippen LogP contribution is 2.30. The maximum absolute atomic E-state index is 13.4. The average molecular weight is 261 g/mol. The molecule has 0 aliphatic rings. The molecule has 1 aromatic carbocycles. The van der Waals surface area contributed by atoms with Crippen LogP contribution in [0.2, 0.25) is 0 Å². The van der Waals surface area contributed by atoms with E-state index in [4.69, 9.17) is 0 Å². The topological polar surface area (TPSA) is 29.9 Å². The van der Waals surface area contributed by atoms with Crippen LogP contribution >= 0.6 is 0 Å². The predicted octanol–water partition coefficient (Wildman–Crippen LogP) is 3.05. The number of hydrogen-bond donors (Lipinski definition) is 1. The van der Waals surface area contributed by atoms with E-state index >= 15 is 0 Å². The SMILES string of the molecule is CCn1nc(C)c(-c2ccc(F)cc2CNC)c1C. The highest BCUT2D eigenvalue weighted by atomic mass is 19.1. The Morgan fingerprint density at radius 1 is 1.32 bits per heavy atom. The summed E-state index contributed by atoms with van der Waals surface area (Å²) in [4.78, 5) is 0. The van der Waals surface area contributed by atoms with Crippen LogP contribution in [0.1, 0.15) is 23.9 Å². The summed E-state index contributed by atoms with van der Waals surface area (Å²) >= 11 is 0. The molecular weight excluding hydrogens is 241 g/mol. The molecule has 4 heteroatoms. The molecule has 0 saturated carbocycles. The van der Waals surface area contributed by atoms with Gasteiger partial charge in [0.25, 0.3) is 0 Å². The number of rotatable bonds is 4. The van der Waals surface area contributed by atoms with Crippen LogP contribution in [0.15, 0.2) is 18.2 Å². The highest BCUT2D eigenvalue weighted by Gasteiger charge is 2.15. The standard InChI is InChI=1S/C15H20FN3/c1-5-19-11(3)15(10(2)18-19)14-7-6-13(16)8-12(14)9-17-4/h6-8,17H,5,9H2,1-4H3. The first kappa shape index (κ1) is 13.7. The van der Waals surface area contributed by atoms with Gasteiger partial charge >= 0.3 is 0 Å². The number of aryl methyl sites for hydroxylation is 2. The van der Waals surface area contributed by atoms with E-state index in [1.807, 2.05) is 24.7 Å². The van der Waals surface area contributed by atoms with Gasteiger partial charge in [-0.05, 0) is 51.1 Å². The van der Waals surface area contributed by atoms with Gasteiger partial charge in [0.1, 0.15) is 5.82 Å². The van der Waals surface area contributed by atoms with Crippen molar-refractivity contribution in [2.45, 2.75) is 33.9 Å². The largest absolute Gasteiger partial charge is 0.316 e. The number of nitrogens with zero attached hydrogens (tertiary/aromatic N) is 2. The van der Waals surface area contributed by atoms with Gasteiger partial charge in [-0.25, -0.2) is 4.39 Å². The highest BCUT2D eigenvalue weighted by molar-refractivity contribution is 5.71. The van der Waals surface area contributed by atoms with Crippen molar-refractivity contribution in [2.24, 2.45) is 0 Å². The zero-order valence-electron chi connectivity index (χ0n) is 11.9. The second-order valence-corrected chi connectivity index (χ2v) is 4.69. The van der Waals surface area contributed by atoms with E-state index < -0.39 is 0 Å². The molecule has 0 fully saturated rings. The minimum atomic E-state index is -0.202. The Kier molecular flexibility index (Phi) is 4.00. The molecule has 0 amide bonds. The lowest BCUT2D eigenvalue weighted by Crippen LogP contribution is -2.07. The minimum Gasteiger partial charge on any atom is -0.316 e. The van der Waals surface area contributed by atoms with Gasteiger partial charge in [-0.3, -0.25) is 4.68 Å². The Hall–Kier alpha value is -1.68. The molecule has 0 bridgehead atoms. The van der Waals surface area contributed by atoms with Gasteiger partial charge in [-0.2, -0.15) is 5.10 Å². The third-order valence-corrected chi connectivity index (χ3v) is 3.38. The smallest absolute Gasteiger partial charge is 0.123 e. The van der Waals surface area contributed by atoms with Crippen LogP contribution in [0.25, 0.3) is 11.1 Å². The summed E-state index contributed by atoms with van der Waals surface area (Å²) in [5.41, 5.74) is 5.26. The van der Waals surface area contributed by atoms with Gasteiger partial charge in [0.2, 0.25) is 0 Å². The first-order valence-electron chi connectivity index (χ1n) is 6.55. The summed E-state index contributed by atoms with van der Waals surface area (Å²) in [5.74, 6) is -0.202. The van der Waals surface area contributed by atoms with Crippen molar-refractivity contribution in [2.75, 3.05) is 7.05 Å². The second-order valence-electron chi connectivity index (χ2n) is 4.69. The maximum Gasteiger partial charge on any atom is 0.123 e. The third-order valence-electron chi connectivity index (χ3n) is 3.38. The molecule has 0 saturated heterocycles. The lowest BCUT2D eigenvalue weighted by atomic mass is 9.98. The molecular formula is C15H20FN3. The van der Waals surface area contributed by atoms with Crippen LogP contribution in [-0.2, 0) is 13.1 Å². The monoisotopic (exact) mass is 261 g/mol. The van der Waals surface area contributed by atoms with Crippen molar-refractivity contribution in [3.63, 3.8) is 0 Å². The molecule has 2 aromatic rings. The maximum atomic E-state index is 13.4. The summed E-state index contributed by atoms with van der Waals surface area (Å²) < 4.78 is 15.4. The number of hydrogen-bond acceptors (Lipinski definition) is 2. The van der Waals surface area contributed by atoms with Crippen LogP contribution in [-0.4, -0.2) is 16.8 Å². The number of nitrogens with one attached hydrogen (secondary N) is 1. The summed E-state index contributed by atoms with van der Waals surface area (Å²) in [7, 11) is 1.86. The van der Waals surface area contributed by atoms with Gasteiger partial charge in [0.15, 0.2) is 0 Å². The number of halogens is 1. The Balaban J connectivity index is 2.61. The summed E-state index contributed by atoms with van der Waals surface area (Å²) in [6, 6.07) is 4.95. The van der Waals surface area contributed by atoms with Gasteiger partial charge in [0, 0.05) is 24.3 Å². The zero-order chi connectivity index (χ0) is 14.0. The molecule has 0 aliphatic heterocycles. The first-order valence-corrected chi connectivity index (χ1v) is 6.55. The van der Waals surface area contributed by atoms with Crippen LogP contribution < -0.4 is 5.32 Å². The first-order chi connectivity index (χ1) is 9.08. The fourth-order valence-electron chi connectivity index (χ4n) is 2.54. The molecule has 19 heavy (non-hydrogen) atoms. The van der Waals surface area contributed by atoms with E-state index in [9.17, 15) is 4.39 Å². The van der Waals surface area contributed by atoms with Gasteiger partial charge in [-0.1, -0.05) is 6.07 Å². The molecule has 0 atom stereocenters. The lowest BCUT2D eigenvalue weighted by Gasteiger charge is -2.10. The van der Waals surface area contributed by atoms with Crippen LogP contribution in [0.3, 0.4) is 0 Å². The van der Waals surface area contributed by atoms with Crippen molar-refractivity contribution in [3.8, 4) is 11.1 Å². The van der Waals surface area contributed by atoms with E-state index in [1.54, 1.807) is 6.07 Å². The second kappa shape index (κ2) is 5.53. The molecule has 1 N–H and O–H groups in total. The van der Waals surface area contributed by atoms with E-state index in [0.717, 1.165) is 34.6 Å².